The van der Waals surface area contributed by atoms with Crippen molar-refractivity contribution in [1.82, 2.24) is 4.90 Å². The van der Waals surface area contributed by atoms with Gasteiger partial charge >= 0.3 is 0 Å². The van der Waals surface area contributed by atoms with E-state index in [0.29, 0.717) is 30.3 Å². The molecule has 1 saturated heterocycles. The number of nitrogens with zero attached hydrogens (tertiary/aromatic N) is 1. The highest BCUT2D eigenvalue weighted by atomic mass is 35.5. The van der Waals surface area contributed by atoms with E-state index in [4.69, 9.17) is 16.3 Å². The van der Waals surface area contributed by atoms with Crippen molar-refractivity contribution in [3.8, 4) is 0 Å². The van der Waals surface area contributed by atoms with Gasteiger partial charge in [0.25, 0.3) is 5.91 Å². The molecule has 0 spiro atoms. The molecule has 2 N–H and O–H groups in total. The Morgan fingerprint density at radius 3 is 2.70 bits per heavy atom. The van der Waals surface area contributed by atoms with Gasteiger partial charge in [0.15, 0.2) is 0 Å². The number of carbonyl (C=O) groups is 1. The van der Waals surface area contributed by atoms with Gasteiger partial charge in [0, 0.05) is 26.3 Å². The van der Waals surface area contributed by atoms with E-state index >= 15 is 0 Å². The van der Waals surface area contributed by atoms with Crippen LogP contribution in [0.25, 0.3) is 0 Å². The standard InChI is InChI=1S/C14H19ClN2O3/c1-17(2)13(19)11-5-10(3-4-12(11)15)16-6-14(7-18)8-20-9-14/h3-5,16,18H,6-9H2,1-2H3. The normalized spacial score (nSPS) is 16.4. The van der Waals surface area contributed by atoms with Crippen molar-refractivity contribution < 1.29 is 14.6 Å². The highest BCUT2D eigenvalue weighted by molar-refractivity contribution is 6.34. The average molecular weight is 299 g/mol. The number of carbonyl (C=O) groups excluding carboxylic acids is 1. The lowest BCUT2D eigenvalue weighted by molar-refractivity contribution is -0.128. The summed E-state index contributed by atoms with van der Waals surface area (Å²) in [4.78, 5) is 13.5. The number of hydrogen-bond acceptors (Lipinski definition) is 4. The van der Waals surface area contributed by atoms with Crippen molar-refractivity contribution in [3.63, 3.8) is 0 Å². The zero-order valence-corrected chi connectivity index (χ0v) is 12.4. The first-order valence-corrected chi connectivity index (χ1v) is 6.79. The molecule has 110 valence electrons. The molecule has 1 aromatic carbocycles. The van der Waals surface area contributed by atoms with Gasteiger partial charge in [-0.3, -0.25) is 4.79 Å². The number of anilines is 1. The maximum atomic E-state index is 12.0. The van der Waals surface area contributed by atoms with Gasteiger partial charge in [-0.25, -0.2) is 0 Å². The molecule has 20 heavy (non-hydrogen) atoms. The third kappa shape index (κ3) is 3.06. The molecule has 0 saturated carbocycles. The Bertz CT molecular complexity index is 496. The smallest absolute Gasteiger partial charge is 0.254 e. The molecule has 0 aliphatic carbocycles. The van der Waals surface area contributed by atoms with E-state index in [-0.39, 0.29) is 17.9 Å². The van der Waals surface area contributed by atoms with Gasteiger partial charge in [-0.1, -0.05) is 11.6 Å². The zero-order valence-electron chi connectivity index (χ0n) is 11.6. The Kier molecular flexibility index (Phi) is 4.52. The first-order valence-electron chi connectivity index (χ1n) is 6.41. The van der Waals surface area contributed by atoms with Gasteiger partial charge in [0.2, 0.25) is 0 Å². The Balaban J connectivity index is 2.09. The number of rotatable bonds is 5. The SMILES string of the molecule is CN(C)C(=O)c1cc(NCC2(CO)COC2)ccc1Cl. The summed E-state index contributed by atoms with van der Waals surface area (Å²) in [6, 6.07) is 5.25. The van der Waals surface area contributed by atoms with Gasteiger partial charge in [0.1, 0.15) is 0 Å². The summed E-state index contributed by atoms with van der Waals surface area (Å²) in [5.74, 6) is -0.137. The number of aliphatic hydroxyl groups is 1. The van der Waals surface area contributed by atoms with E-state index in [1.807, 2.05) is 6.07 Å². The second-order valence-corrected chi connectivity index (χ2v) is 5.81. The van der Waals surface area contributed by atoms with Crippen molar-refractivity contribution >= 4 is 23.2 Å². The highest BCUT2D eigenvalue weighted by Crippen LogP contribution is 2.28. The molecular weight excluding hydrogens is 280 g/mol. The Morgan fingerprint density at radius 2 is 2.20 bits per heavy atom. The molecule has 1 fully saturated rings. The molecule has 6 heteroatoms. The van der Waals surface area contributed by atoms with Gasteiger partial charge in [-0.05, 0) is 18.2 Å². The van der Waals surface area contributed by atoms with Crippen LogP contribution in [0.1, 0.15) is 10.4 Å². The molecule has 0 unspecified atom stereocenters. The maximum absolute atomic E-state index is 12.0. The van der Waals surface area contributed by atoms with Gasteiger partial charge in [-0.15, -0.1) is 0 Å². The number of hydrogen-bond donors (Lipinski definition) is 2. The average Bonchev–Trinajstić information content (AvgIpc) is 2.39. The van der Waals surface area contributed by atoms with Crippen molar-refractivity contribution in [2.75, 3.05) is 45.8 Å². The third-order valence-corrected chi connectivity index (χ3v) is 3.75. The van der Waals surface area contributed by atoms with E-state index in [0.717, 1.165) is 5.69 Å². The molecule has 1 heterocycles. The fourth-order valence-electron chi connectivity index (χ4n) is 1.97. The zero-order chi connectivity index (χ0) is 14.8. The van der Waals surface area contributed by atoms with E-state index in [2.05, 4.69) is 5.32 Å². The van der Waals surface area contributed by atoms with Gasteiger partial charge < -0.3 is 20.1 Å². The molecule has 0 aromatic heterocycles. The lowest BCUT2D eigenvalue weighted by Gasteiger charge is -2.40. The minimum atomic E-state index is -0.217. The molecule has 1 aromatic rings. The van der Waals surface area contributed by atoms with Crippen LogP contribution in [0.4, 0.5) is 5.69 Å². The Hall–Kier alpha value is -1.30. The fraction of sp³-hybridized carbons (Fsp3) is 0.500. The van der Waals surface area contributed by atoms with Crippen LogP contribution in [0.2, 0.25) is 5.02 Å². The molecular formula is C14H19ClN2O3. The second kappa shape index (κ2) is 5.99. The second-order valence-electron chi connectivity index (χ2n) is 5.40. The van der Waals surface area contributed by atoms with Crippen LogP contribution in [0.3, 0.4) is 0 Å². The number of benzene rings is 1. The van der Waals surface area contributed by atoms with Crippen molar-refractivity contribution in [2.45, 2.75) is 0 Å². The first kappa shape index (κ1) is 15.1. The number of aliphatic hydroxyl groups excluding tert-OH is 1. The number of ether oxygens (including phenoxy) is 1. The number of halogens is 1. The van der Waals surface area contributed by atoms with E-state index in [1.165, 1.54) is 4.90 Å². The van der Waals surface area contributed by atoms with Crippen molar-refractivity contribution in [2.24, 2.45) is 5.41 Å². The lowest BCUT2D eigenvalue weighted by atomic mass is 9.87. The summed E-state index contributed by atoms with van der Waals surface area (Å²) in [5.41, 5.74) is 1.05. The quantitative estimate of drug-likeness (QED) is 0.864. The van der Waals surface area contributed by atoms with Gasteiger partial charge in [0.05, 0.1) is 35.8 Å². The summed E-state index contributed by atoms with van der Waals surface area (Å²) in [7, 11) is 3.37. The maximum Gasteiger partial charge on any atom is 0.254 e. The van der Waals surface area contributed by atoms with Crippen LogP contribution in [0, 0.1) is 5.41 Å². The van der Waals surface area contributed by atoms with E-state index < -0.39 is 0 Å². The third-order valence-electron chi connectivity index (χ3n) is 3.42. The first-order chi connectivity index (χ1) is 9.47. The molecule has 2 rings (SSSR count). The van der Waals surface area contributed by atoms with Crippen molar-refractivity contribution in [3.05, 3.63) is 28.8 Å². The van der Waals surface area contributed by atoms with Crippen LogP contribution in [-0.2, 0) is 4.74 Å². The minimum absolute atomic E-state index is 0.0804. The molecule has 1 aliphatic rings. The van der Waals surface area contributed by atoms with E-state index in [9.17, 15) is 9.90 Å². The molecule has 0 atom stereocenters. The predicted octanol–water partition coefficient (Wildman–Crippen LogP) is 1.46. The Morgan fingerprint density at radius 1 is 1.50 bits per heavy atom. The van der Waals surface area contributed by atoms with Crippen molar-refractivity contribution in [1.29, 1.82) is 0 Å². The highest BCUT2D eigenvalue weighted by Gasteiger charge is 2.37. The monoisotopic (exact) mass is 298 g/mol. The van der Waals surface area contributed by atoms with Crippen LogP contribution in [0.5, 0.6) is 0 Å². The largest absolute Gasteiger partial charge is 0.396 e. The predicted molar refractivity (Wildman–Crippen MR) is 78.3 cm³/mol. The topological polar surface area (TPSA) is 61.8 Å². The van der Waals surface area contributed by atoms with Crippen LogP contribution < -0.4 is 5.32 Å². The van der Waals surface area contributed by atoms with Gasteiger partial charge in [-0.2, -0.15) is 0 Å². The minimum Gasteiger partial charge on any atom is -0.396 e. The summed E-state index contributed by atoms with van der Waals surface area (Å²) in [6.07, 6.45) is 0. The summed E-state index contributed by atoms with van der Waals surface area (Å²) < 4.78 is 5.15. The summed E-state index contributed by atoms with van der Waals surface area (Å²) in [5, 5.41) is 13.0. The molecule has 0 bridgehead atoms. The number of amides is 1. The summed E-state index contributed by atoms with van der Waals surface area (Å²) >= 11 is 6.06. The van der Waals surface area contributed by atoms with Crippen LogP contribution >= 0.6 is 11.6 Å². The number of nitrogens with one attached hydrogen (secondary N) is 1. The fourth-order valence-corrected chi connectivity index (χ4v) is 2.17. The Labute approximate surface area is 123 Å². The van der Waals surface area contributed by atoms with Crippen LogP contribution in [-0.4, -0.2) is 56.4 Å². The van der Waals surface area contributed by atoms with Crippen LogP contribution in [0.15, 0.2) is 18.2 Å². The molecule has 1 aliphatic heterocycles. The molecule has 1 amide bonds. The summed E-state index contributed by atoms with van der Waals surface area (Å²) in [6.45, 7) is 1.78. The van der Waals surface area contributed by atoms with E-state index in [1.54, 1.807) is 26.2 Å². The molecule has 5 nitrogen and oxygen atoms in total. The molecule has 0 radical (unpaired) electrons. The lowest BCUT2D eigenvalue weighted by Crippen LogP contribution is -2.50.